The molecule has 0 aliphatic carbocycles. The Labute approximate surface area is 149 Å². The second-order valence-corrected chi connectivity index (χ2v) is 6.53. The molecular formula is C17H20BrN5O. The summed E-state index contributed by atoms with van der Waals surface area (Å²) >= 11 is 3.48. The van der Waals surface area contributed by atoms with Gasteiger partial charge in [0.1, 0.15) is 16.7 Å². The van der Waals surface area contributed by atoms with Crippen LogP contribution in [0.5, 0.6) is 0 Å². The molecule has 1 unspecified atom stereocenters. The van der Waals surface area contributed by atoms with Gasteiger partial charge in [0.2, 0.25) is 0 Å². The van der Waals surface area contributed by atoms with Gasteiger partial charge in [0.05, 0.1) is 11.5 Å². The molecule has 2 aromatic heterocycles. The fourth-order valence-corrected chi connectivity index (χ4v) is 3.33. The maximum Gasteiger partial charge on any atom is 0.164 e. The van der Waals surface area contributed by atoms with E-state index in [4.69, 9.17) is 0 Å². The molecule has 1 atom stereocenters. The summed E-state index contributed by atoms with van der Waals surface area (Å²) in [6, 6.07) is 7.94. The van der Waals surface area contributed by atoms with E-state index in [0.717, 1.165) is 29.0 Å². The fourth-order valence-electron chi connectivity index (χ4n) is 2.73. The molecule has 0 fully saturated rings. The van der Waals surface area contributed by atoms with Crippen molar-refractivity contribution in [2.45, 2.75) is 20.0 Å². The van der Waals surface area contributed by atoms with Crippen LogP contribution in [0.25, 0.3) is 11.0 Å². The van der Waals surface area contributed by atoms with Crippen molar-refractivity contribution in [1.82, 2.24) is 19.7 Å². The van der Waals surface area contributed by atoms with Crippen LogP contribution < -0.4 is 4.90 Å². The topological polar surface area (TPSA) is 67.1 Å². The van der Waals surface area contributed by atoms with Crippen LogP contribution in [0.4, 0.5) is 5.82 Å². The summed E-state index contributed by atoms with van der Waals surface area (Å²) in [5.74, 6) is 0.772. The number of nitrogens with zero attached hydrogens (tertiary/aromatic N) is 5. The average Bonchev–Trinajstić information content (AvgIpc) is 2.88. The highest BCUT2D eigenvalue weighted by molar-refractivity contribution is 9.10. The molecule has 1 aromatic carbocycles. The third kappa shape index (κ3) is 3.14. The van der Waals surface area contributed by atoms with Crippen LogP contribution >= 0.6 is 15.9 Å². The number of anilines is 1. The van der Waals surface area contributed by atoms with Crippen molar-refractivity contribution in [3.05, 3.63) is 46.3 Å². The molecule has 0 aliphatic rings. The van der Waals surface area contributed by atoms with Crippen molar-refractivity contribution >= 4 is 32.8 Å². The van der Waals surface area contributed by atoms with Crippen LogP contribution in [0.3, 0.4) is 0 Å². The first kappa shape index (κ1) is 16.9. The molecular weight excluding hydrogens is 370 g/mol. The van der Waals surface area contributed by atoms with Crippen LogP contribution in [0.1, 0.15) is 24.2 Å². The van der Waals surface area contributed by atoms with Gasteiger partial charge in [-0.2, -0.15) is 5.10 Å². The minimum Gasteiger partial charge on any atom is -0.387 e. The van der Waals surface area contributed by atoms with E-state index < -0.39 is 6.10 Å². The lowest BCUT2D eigenvalue weighted by Crippen LogP contribution is -2.29. The van der Waals surface area contributed by atoms with Gasteiger partial charge in [0.25, 0.3) is 0 Å². The van der Waals surface area contributed by atoms with Crippen molar-refractivity contribution in [3.63, 3.8) is 0 Å². The summed E-state index contributed by atoms with van der Waals surface area (Å²) in [5, 5.41) is 15.8. The lowest BCUT2D eigenvalue weighted by atomic mass is 10.1. The minimum atomic E-state index is -0.592. The predicted molar refractivity (Wildman–Crippen MR) is 98.0 cm³/mol. The molecule has 0 saturated carbocycles. The first-order valence-electron chi connectivity index (χ1n) is 7.84. The molecule has 0 amide bonds. The molecule has 126 valence electrons. The van der Waals surface area contributed by atoms with Gasteiger partial charge in [0.15, 0.2) is 5.65 Å². The Bertz CT molecular complexity index is 846. The van der Waals surface area contributed by atoms with Crippen LogP contribution in [-0.4, -0.2) is 37.9 Å². The minimum absolute atomic E-state index is 0.451. The number of rotatable bonds is 5. The van der Waals surface area contributed by atoms with Crippen LogP contribution in [0.2, 0.25) is 0 Å². The van der Waals surface area contributed by atoms with Gasteiger partial charge in [-0.1, -0.05) is 29.8 Å². The quantitative estimate of drug-likeness (QED) is 0.726. The smallest absolute Gasteiger partial charge is 0.164 e. The lowest BCUT2D eigenvalue weighted by Gasteiger charge is -2.25. The van der Waals surface area contributed by atoms with E-state index in [1.54, 1.807) is 4.68 Å². The van der Waals surface area contributed by atoms with Crippen LogP contribution in [-0.2, 0) is 7.05 Å². The zero-order valence-corrected chi connectivity index (χ0v) is 15.5. The van der Waals surface area contributed by atoms with Crippen LogP contribution in [0.15, 0.2) is 35.2 Å². The Hall–Kier alpha value is -1.99. The van der Waals surface area contributed by atoms with E-state index in [-0.39, 0.29) is 0 Å². The summed E-state index contributed by atoms with van der Waals surface area (Å²) in [4.78, 5) is 10.8. The molecule has 7 heteroatoms. The molecule has 0 aliphatic heterocycles. The number of halogens is 1. The standard InChI is InChI=1S/C17H20BrN5O/c1-4-23(9-13(24)12-7-5-11(2)6-8-12)17-14-15(18)21-22(3)16(14)19-10-20-17/h5-8,10,13,24H,4,9H2,1-3H3. The third-order valence-corrected chi connectivity index (χ3v) is 4.65. The van der Waals surface area contributed by atoms with E-state index in [1.165, 1.54) is 11.9 Å². The van der Waals surface area contributed by atoms with Gasteiger partial charge in [-0.15, -0.1) is 0 Å². The molecule has 0 saturated heterocycles. The van der Waals surface area contributed by atoms with Gasteiger partial charge in [0, 0.05) is 20.1 Å². The van der Waals surface area contributed by atoms with Crippen molar-refractivity contribution in [3.8, 4) is 0 Å². The summed E-state index contributed by atoms with van der Waals surface area (Å²) < 4.78 is 2.42. The second kappa shape index (κ2) is 6.86. The van der Waals surface area contributed by atoms with E-state index in [2.05, 4.69) is 31.0 Å². The SMILES string of the molecule is CCN(CC(O)c1ccc(C)cc1)c1ncnc2c1c(Br)nn2C. The first-order valence-corrected chi connectivity index (χ1v) is 8.63. The molecule has 0 bridgehead atoms. The number of aryl methyl sites for hydroxylation is 2. The lowest BCUT2D eigenvalue weighted by molar-refractivity contribution is 0.183. The Kier molecular flexibility index (Phi) is 4.82. The predicted octanol–water partition coefficient (Wildman–Crippen LogP) is 2.99. The Balaban J connectivity index is 1.93. The Morgan fingerprint density at radius 2 is 1.96 bits per heavy atom. The first-order chi connectivity index (χ1) is 11.5. The summed E-state index contributed by atoms with van der Waals surface area (Å²) in [5.41, 5.74) is 2.83. The second-order valence-electron chi connectivity index (χ2n) is 5.78. The Morgan fingerprint density at radius 1 is 1.25 bits per heavy atom. The zero-order valence-electron chi connectivity index (χ0n) is 13.9. The highest BCUT2D eigenvalue weighted by Crippen LogP contribution is 2.30. The summed E-state index contributed by atoms with van der Waals surface area (Å²) in [7, 11) is 1.85. The van der Waals surface area contributed by atoms with Crippen LogP contribution in [0, 0.1) is 6.92 Å². The average molecular weight is 390 g/mol. The number of aliphatic hydroxyl groups excluding tert-OH is 1. The van der Waals surface area contributed by atoms with Gasteiger partial charge in [-0.3, -0.25) is 0 Å². The molecule has 3 aromatic rings. The van der Waals surface area contributed by atoms with Crippen molar-refractivity contribution in [1.29, 1.82) is 0 Å². The molecule has 3 rings (SSSR count). The number of aliphatic hydroxyl groups is 1. The van der Waals surface area contributed by atoms with Crippen molar-refractivity contribution in [2.24, 2.45) is 7.05 Å². The van der Waals surface area contributed by atoms with Gasteiger partial charge >= 0.3 is 0 Å². The fraction of sp³-hybridized carbons (Fsp3) is 0.353. The summed E-state index contributed by atoms with van der Waals surface area (Å²) in [6.07, 6.45) is 0.943. The maximum absolute atomic E-state index is 10.6. The van der Waals surface area contributed by atoms with Crippen molar-refractivity contribution in [2.75, 3.05) is 18.0 Å². The number of likely N-dealkylation sites (N-methyl/N-ethyl adjacent to an activating group) is 1. The van der Waals surface area contributed by atoms with E-state index >= 15 is 0 Å². The molecule has 24 heavy (non-hydrogen) atoms. The summed E-state index contributed by atoms with van der Waals surface area (Å²) in [6.45, 7) is 5.25. The van der Waals surface area contributed by atoms with Crippen molar-refractivity contribution < 1.29 is 5.11 Å². The van der Waals surface area contributed by atoms with Gasteiger partial charge in [-0.25, -0.2) is 14.6 Å². The van der Waals surface area contributed by atoms with E-state index in [9.17, 15) is 5.11 Å². The largest absolute Gasteiger partial charge is 0.387 e. The zero-order chi connectivity index (χ0) is 17.3. The monoisotopic (exact) mass is 389 g/mol. The van der Waals surface area contributed by atoms with E-state index in [1.807, 2.05) is 50.1 Å². The molecule has 0 spiro atoms. The highest BCUT2D eigenvalue weighted by atomic mass is 79.9. The van der Waals surface area contributed by atoms with Gasteiger partial charge in [-0.05, 0) is 35.3 Å². The number of fused-ring (bicyclic) bond motifs is 1. The van der Waals surface area contributed by atoms with E-state index in [0.29, 0.717) is 11.1 Å². The molecule has 6 nitrogen and oxygen atoms in total. The third-order valence-electron chi connectivity index (χ3n) is 4.09. The molecule has 0 radical (unpaired) electrons. The number of hydrogen-bond acceptors (Lipinski definition) is 5. The number of benzene rings is 1. The maximum atomic E-state index is 10.6. The van der Waals surface area contributed by atoms with Gasteiger partial charge < -0.3 is 10.0 Å². The molecule has 2 heterocycles. The Morgan fingerprint density at radius 3 is 2.62 bits per heavy atom. The molecule has 1 N–H and O–H groups in total. The highest BCUT2D eigenvalue weighted by Gasteiger charge is 2.20. The number of aromatic nitrogens is 4. The number of hydrogen-bond donors (Lipinski definition) is 1. The normalized spacial score (nSPS) is 12.5.